The molecule has 5 rings (SSSR count). The van der Waals surface area contributed by atoms with E-state index >= 15 is 0 Å². The molecule has 4 aromatic rings. The van der Waals surface area contributed by atoms with Crippen LogP contribution in [0.4, 0.5) is 13.2 Å². The highest BCUT2D eigenvalue weighted by atomic mass is 32.2. The Hall–Kier alpha value is -3.01. The summed E-state index contributed by atoms with van der Waals surface area (Å²) in [6, 6.07) is 20.3. The largest absolute Gasteiger partial charge is 0.451 e. The third-order valence-corrected chi connectivity index (χ3v) is 7.79. The van der Waals surface area contributed by atoms with Crippen LogP contribution in [-0.2, 0) is 12.6 Å². The summed E-state index contributed by atoms with van der Waals surface area (Å²) in [6.07, 6.45) is -3.62. The first kappa shape index (κ1) is 24.7. The van der Waals surface area contributed by atoms with Crippen LogP contribution >= 0.6 is 11.8 Å². The van der Waals surface area contributed by atoms with Gasteiger partial charge in [-0.3, -0.25) is 9.36 Å². The summed E-state index contributed by atoms with van der Waals surface area (Å²) in [6.45, 7) is 0. The number of pyridine rings is 1. The first-order valence-corrected chi connectivity index (χ1v) is 12.6. The lowest BCUT2D eigenvalue weighted by Crippen LogP contribution is -2.25. The molecule has 1 aromatic heterocycles. The number of halogens is 3. The zero-order chi connectivity index (χ0) is 25.4. The monoisotopic (exact) mass is 509 g/mol. The molecule has 1 unspecified atom stereocenters. The van der Waals surface area contributed by atoms with Crippen LogP contribution in [0.2, 0.25) is 6.32 Å². The highest BCUT2D eigenvalue weighted by Gasteiger charge is 2.33. The van der Waals surface area contributed by atoms with Crippen molar-refractivity contribution in [1.29, 1.82) is 0 Å². The molecule has 0 bridgehead atoms. The maximum Gasteiger partial charge on any atom is 0.451 e. The Morgan fingerprint density at radius 1 is 0.972 bits per heavy atom. The number of rotatable bonds is 6. The van der Waals surface area contributed by atoms with Gasteiger partial charge >= 0.3 is 13.3 Å². The Kier molecular flexibility index (Phi) is 6.72. The van der Waals surface area contributed by atoms with Crippen molar-refractivity contribution in [3.63, 3.8) is 0 Å². The van der Waals surface area contributed by atoms with Gasteiger partial charge < -0.3 is 10.0 Å². The zero-order valence-electron chi connectivity index (χ0n) is 19.2. The van der Waals surface area contributed by atoms with Gasteiger partial charge in [0.05, 0.1) is 10.6 Å². The molecule has 2 heterocycles. The predicted octanol–water partition coefficient (Wildman–Crippen LogP) is 5.79. The molecule has 4 nitrogen and oxygen atoms in total. The van der Waals surface area contributed by atoms with Crippen molar-refractivity contribution in [3.05, 3.63) is 99.8 Å². The Bertz CT molecular complexity index is 1480. The molecule has 0 saturated heterocycles. The first-order valence-electron chi connectivity index (χ1n) is 11.6. The number of nitrogens with zero attached hydrogens (tertiary/aromatic N) is 1. The van der Waals surface area contributed by atoms with Gasteiger partial charge in [-0.05, 0) is 58.8 Å². The maximum atomic E-state index is 13.6. The lowest BCUT2D eigenvalue weighted by Gasteiger charge is -2.19. The van der Waals surface area contributed by atoms with Crippen LogP contribution in [0.5, 0.6) is 0 Å². The number of fused-ring (bicyclic) bond motifs is 2. The Morgan fingerprint density at radius 3 is 2.50 bits per heavy atom. The van der Waals surface area contributed by atoms with E-state index in [1.165, 1.54) is 23.9 Å². The topological polar surface area (TPSA) is 62.5 Å². The van der Waals surface area contributed by atoms with Crippen molar-refractivity contribution < 1.29 is 23.2 Å². The van der Waals surface area contributed by atoms with Gasteiger partial charge in [-0.15, -0.1) is 11.8 Å². The number of thioether (sulfide) groups is 1. The molecule has 0 spiro atoms. The quantitative estimate of drug-likeness (QED) is 0.323. The van der Waals surface area contributed by atoms with E-state index in [4.69, 9.17) is 0 Å². The second kappa shape index (κ2) is 9.80. The molecule has 3 aromatic carbocycles. The van der Waals surface area contributed by atoms with Crippen LogP contribution in [0.25, 0.3) is 21.9 Å². The molecule has 36 heavy (non-hydrogen) atoms. The SMILES string of the molecule is O=c1cc(Cc2cccc3ccccc23)c(-c2cccc(C(F)(F)F)c2)c2n1C(CCB(O)O)CS2. The third-order valence-electron chi connectivity index (χ3n) is 6.56. The van der Waals surface area contributed by atoms with Gasteiger partial charge in [-0.25, -0.2) is 0 Å². The summed E-state index contributed by atoms with van der Waals surface area (Å²) >= 11 is 1.42. The Morgan fingerprint density at radius 2 is 1.72 bits per heavy atom. The van der Waals surface area contributed by atoms with Crippen LogP contribution in [0.1, 0.15) is 29.2 Å². The van der Waals surface area contributed by atoms with E-state index in [0.717, 1.165) is 28.5 Å². The minimum absolute atomic E-state index is 0.105. The second-order valence-corrected chi connectivity index (χ2v) is 9.98. The van der Waals surface area contributed by atoms with Gasteiger partial charge in [0.2, 0.25) is 0 Å². The van der Waals surface area contributed by atoms with Gasteiger partial charge in [0, 0.05) is 23.4 Å². The third kappa shape index (κ3) is 4.83. The van der Waals surface area contributed by atoms with Gasteiger partial charge in [-0.1, -0.05) is 54.6 Å². The van der Waals surface area contributed by atoms with Crippen molar-refractivity contribution >= 4 is 29.7 Å². The number of hydrogen-bond acceptors (Lipinski definition) is 4. The lowest BCUT2D eigenvalue weighted by atomic mass is 9.83. The molecule has 2 N–H and O–H groups in total. The van der Waals surface area contributed by atoms with Crippen molar-refractivity contribution in [2.75, 3.05) is 5.75 Å². The minimum atomic E-state index is -4.49. The molecule has 0 fully saturated rings. The van der Waals surface area contributed by atoms with Gasteiger partial charge in [0.1, 0.15) is 0 Å². The highest BCUT2D eigenvalue weighted by Crippen LogP contribution is 2.44. The van der Waals surface area contributed by atoms with E-state index in [0.29, 0.717) is 40.3 Å². The van der Waals surface area contributed by atoms with E-state index in [-0.39, 0.29) is 17.9 Å². The average molecular weight is 509 g/mol. The number of alkyl halides is 3. The molecule has 1 aliphatic rings. The van der Waals surface area contributed by atoms with Crippen molar-refractivity contribution in [3.8, 4) is 11.1 Å². The van der Waals surface area contributed by atoms with E-state index in [2.05, 4.69) is 0 Å². The van der Waals surface area contributed by atoms with E-state index in [1.54, 1.807) is 10.6 Å². The number of aromatic nitrogens is 1. The fourth-order valence-electron chi connectivity index (χ4n) is 4.89. The van der Waals surface area contributed by atoms with Crippen LogP contribution in [0.15, 0.2) is 82.6 Å². The standard InChI is InChI=1S/C27H23BF3NO3S/c29-27(30,31)21-9-4-8-19(14-21)25-20(13-18-7-3-6-17-5-1-2-10-23(17)18)15-24(33)32-22(11-12-28(34)35)16-36-26(25)32/h1-10,14-15,22,34-35H,11-13,16H2. The normalized spacial score (nSPS) is 15.3. The molecular weight excluding hydrogens is 486 g/mol. The summed E-state index contributed by atoms with van der Waals surface area (Å²) in [5.74, 6) is 0.533. The van der Waals surface area contributed by atoms with E-state index in [1.807, 2.05) is 42.5 Å². The van der Waals surface area contributed by atoms with Crippen LogP contribution in [0, 0.1) is 0 Å². The number of hydrogen-bond donors (Lipinski definition) is 2. The molecule has 0 amide bonds. The van der Waals surface area contributed by atoms with Crippen molar-refractivity contribution in [2.45, 2.75) is 36.4 Å². The van der Waals surface area contributed by atoms with Crippen LogP contribution in [-0.4, -0.2) is 27.5 Å². The second-order valence-electron chi connectivity index (χ2n) is 8.97. The molecule has 9 heteroatoms. The molecule has 1 aliphatic heterocycles. The smallest absolute Gasteiger partial charge is 0.427 e. The fourth-order valence-corrected chi connectivity index (χ4v) is 6.33. The molecule has 1 atom stereocenters. The maximum absolute atomic E-state index is 13.6. The summed E-state index contributed by atoms with van der Waals surface area (Å²) in [4.78, 5) is 13.3. The fraction of sp³-hybridized carbons (Fsp3) is 0.222. The molecule has 0 aliphatic carbocycles. The van der Waals surface area contributed by atoms with Crippen molar-refractivity contribution in [1.82, 2.24) is 4.57 Å². The molecule has 184 valence electrons. The molecule has 0 saturated carbocycles. The minimum Gasteiger partial charge on any atom is -0.427 e. The van der Waals surface area contributed by atoms with E-state index in [9.17, 15) is 28.0 Å². The van der Waals surface area contributed by atoms with Gasteiger partial charge in [-0.2, -0.15) is 13.2 Å². The van der Waals surface area contributed by atoms with Crippen LogP contribution in [0.3, 0.4) is 0 Å². The summed E-state index contributed by atoms with van der Waals surface area (Å²) < 4.78 is 42.3. The first-order chi connectivity index (χ1) is 17.2. The molecule has 0 radical (unpaired) electrons. The Balaban J connectivity index is 1.69. The summed E-state index contributed by atoms with van der Waals surface area (Å²) in [7, 11) is -1.48. The number of benzene rings is 3. The molecular formula is C27H23BF3NO3S. The Labute approximate surface area is 210 Å². The summed E-state index contributed by atoms with van der Waals surface area (Å²) in [5.41, 5.74) is 1.68. The highest BCUT2D eigenvalue weighted by molar-refractivity contribution is 7.99. The lowest BCUT2D eigenvalue weighted by molar-refractivity contribution is -0.137. The van der Waals surface area contributed by atoms with Gasteiger partial charge in [0.15, 0.2) is 0 Å². The zero-order valence-corrected chi connectivity index (χ0v) is 20.0. The van der Waals surface area contributed by atoms with Crippen LogP contribution < -0.4 is 5.56 Å². The average Bonchev–Trinajstić information content (AvgIpc) is 3.27. The van der Waals surface area contributed by atoms with Gasteiger partial charge in [0.25, 0.3) is 5.56 Å². The summed E-state index contributed by atoms with van der Waals surface area (Å²) in [5, 5.41) is 21.3. The van der Waals surface area contributed by atoms with E-state index < -0.39 is 18.9 Å². The van der Waals surface area contributed by atoms with Crippen molar-refractivity contribution in [2.24, 2.45) is 0 Å². The predicted molar refractivity (Wildman–Crippen MR) is 137 cm³/mol.